The third-order valence-electron chi connectivity index (χ3n) is 2.35. The molecule has 1 rings (SSSR count). The van der Waals surface area contributed by atoms with Gasteiger partial charge in [-0.1, -0.05) is 36.2 Å². The molecular weight excluding hydrogens is 274 g/mol. The van der Waals surface area contributed by atoms with Gasteiger partial charge in [-0.25, -0.2) is 0 Å². The molecule has 0 heterocycles. The Hall–Kier alpha value is -0.350. The summed E-state index contributed by atoms with van der Waals surface area (Å²) in [5.74, 6) is 1.14. The van der Waals surface area contributed by atoms with Crippen LogP contribution in [0, 0.1) is 5.92 Å². The number of halogens is 1. The first-order chi connectivity index (χ1) is 7.04. The van der Waals surface area contributed by atoms with Crippen LogP contribution in [0.1, 0.15) is 20.3 Å². The molecule has 0 saturated heterocycles. The minimum atomic E-state index is -0.990. The predicted molar refractivity (Wildman–Crippen MR) is 69.3 cm³/mol. The molecule has 0 aliphatic rings. The monoisotopic (exact) mass is 289 g/mol. The Morgan fingerprint density at radius 1 is 1.53 bits per heavy atom. The van der Waals surface area contributed by atoms with E-state index >= 15 is 0 Å². The zero-order valence-corrected chi connectivity index (χ0v) is 11.4. The zero-order valence-electron chi connectivity index (χ0n) is 9.00. The van der Waals surface area contributed by atoms with Gasteiger partial charge in [0, 0.05) is 15.9 Å². The quantitative estimate of drug-likeness (QED) is 0.865. The van der Waals surface area contributed by atoms with Crippen molar-refractivity contribution in [2.24, 2.45) is 5.92 Å². The Labute approximate surface area is 102 Å². The molecule has 2 nitrogen and oxygen atoms in total. The van der Waals surface area contributed by atoms with Crippen LogP contribution < -0.4 is 5.73 Å². The summed E-state index contributed by atoms with van der Waals surface area (Å²) in [6, 6.07) is 5.49. The van der Waals surface area contributed by atoms with E-state index in [-0.39, 0.29) is 0 Å². The largest absolute Gasteiger partial charge is 0.398 e. The molecule has 0 bridgehead atoms. The van der Waals surface area contributed by atoms with Crippen LogP contribution in [0.3, 0.4) is 0 Å². The summed E-state index contributed by atoms with van der Waals surface area (Å²) in [6.07, 6.45) is 1.04. The lowest BCUT2D eigenvalue weighted by Crippen LogP contribution is -2.08. The summed E-state index contributed by atoms with van der Waals surface area (Å²) < 4.78 is 12.9. The molecule has 84 valence electrons. The molecule has 0 radical (unpaired) electrons. The van der Waals surface area contributed by atoms with E-state index in [1.165, 1.54) is 0 Å². The van der Waals surface area contributed by atoms with E-state index in [4.69, 9.17) is 5.73 Å². The highest BCUT2D eigenvalue weighted by atomic mass is 79.9. The zero-order chi connectivity index (χ0) is 11.4. The maximum absolute atomic E-state index is 12.0. The van der Waals surface area contributed by atoms with Gasteiger partial charge in [-0.15, -0.1) is 0 Å². The highest BCUT2D eigenvalue weighted by molar-refractivity contribution is 9.10. The second kappa shape index (κ2) is 5.66. The molecule has 0 aliphatic heterocycles. The van der Waals surface area contributed by atoms with Crippen molar-refractivity contribution in [1.29, 1.82) is 0 Å². The van der Waals surface area contributed by atoms with Crippen LogP contribution in [0.2, 0.25) is 0 Å². The summed E-state index contributed by atoms with van der Waals surface area (Å²) in [6.45, 7) is 4.21. The van der Waals surface area contributed by atoms with Crippen molar-refractivity contribution < 1.29 is 4.21 Å². The lowest BCUT2D eigenvalue weighted by atomic mass is 10.2. The Morgan fingerprint density at radius 2 is 2.20 bits per heavy atom. The van der Waals surface area contributed by atoms with Crippen LogP contribution in [-0.4, -0.2) is 9.96 Å². The first kappa shape index (κ1) is 12.7. The Balaban J connectivity index is 2.86. The molecule has 0 aliphatic carbocycles. The number of nitrogens with two attached hydrogens (primary N) is 1. The van der Waals surface area contributed by atoms with Gasteiger partial charge in [-0.05, 0) is 24.1 Å². The van der Waals surface area contributed by atoms with Gasteiger partial charge in [0.25, 0.3) is 0 Å². The molecule has 0 fully saturated rings. The van der Waals surface area contributed by atoms with E-state index in [1.807, 2.05) is 12.1 Å². The van der Waals surface area contributed by atoms with E-state index in [0.717, 1.165) is 15.8 Å². The summed E-state index contributed by atoms with van der Waals surface area (Å²) in [5.41, 5.74) is 6.40. The highest BCUT2D eigenvalue weighted by Gasteiger charge is 2.11. The Bertz CT molecular complexity index is 368. The van der Waals surface area contributed by atoms with Gasteiger partial charge in [0.15, 0.2) is 0 Å². The summed E-state index contributed by atoms with van der Waals surface area (Å²) >= 11 is 3.36. The SMILES string of the molecule is CCC(C)CS(=O)c1cc(Br)ccc1N. The normalized spacial score (nSPS) is 14.9. The van der Waals surface area contributed by atoms with Crippen molar-refractivity contribution in [3.8, 4) is 0 Å². The molecular formula is C11H16BrNOS. The van der Waals surface area contributed by atoms with Crippen molar-refractivity contribution >= 4 is 32.4 Å². The second-order valence-corrected chi connectivity index (χ2v) is 6.09. The van der Waals surface area contributed by atoms with Crippen molar-refractivity contribution in [2.45, 2.75) is 25.2 Å². The van der Waals surface area contributed by atoms with Crippen molar-refractivity contribution in [2.75, 3.05) is 11.5 Å². The lowest BCUT2D eigenvalue weighted by Gasteiger charge is -2.10. The first-order valence-electron chi connectivity index (χ1n) is 4.98. The maximum Gasteiger partial charge on any atom is 0.0628 e. The smallest absolute Gasteiger partial charge is 0.0628 e. The topological polar surface area (TPSA) is 43.1 Å². The molecule has 0 amide bonds. The summed E-state index contributed by atoms with van der Waals surface area (Å²) in [5, 5.41) is 0. The van der Waals surface area contributed by atoms with Gasteiger partial charge in [0.05, 0.1) is 15.7 Å². The van der Waals surface area contributed by atoms with E-state index in [0.29, 0.717) is 17.4 Å². The van der Waals surface area contributed by atoms with E-state index in [1.54, 1.807) is 6.07 Å². The van der Waals surface area contributed by atoms with Crippen LogP contribution in [0.5, 0.6) is 0 Å². The lowest BCUT2D eigenvalue weighted by molar-refractivity contribution is 0.616. The molecule has 2 unspecified atom stereocenters. The summed E-state index contributed by atoms with van der Waals surface area (Å²) in [7, 11) is -0.990. The molecule has 4 heteroatoms. The fourth-order valence-corrected chi connectivity index (χ4v) is 3.21. The average molecular weight is 290 g/mol. The standard InChI is InChI=1S/C11H16BrNOS/c1-3-8(2)7-15(14)11-6-9(12)4-5-10(11)13/h4-6,8H,3,7,13H2,1-2H3. The predicted octanol–water partition coefficient (Wildman–Crippen LogP) is 3.19. The number of hydrogen-bond donors (Lipinski definition) is 1. The number of anilines is 1. The maximum atomic E-state index is 12.0. The fourth-order valence-electron chi connectivity index (χ4n) is 1.17. The fraction of sp³-hybridized carbons (Fsp3) is 0.455. The molecule has 1 aromatic rings. The minimum Gasteiger partial charge on any atom is -0.398 e. The molecule has 1 aromatic carbocycles. The molecule has 0 spiro atoms. The van der Waals surface area contributed by atoms with Crippen LogP contribution in [0.15, 0.2) is 27.6 Å². The van der Waals surface area contributed by atoms with Crippen LogP contribution in [0.25, 0.3) is 0 Å². The van der Waals surface area contributed by atoms with Crippen molar-refractivity contribution in [3.63, 3.8) is 0 Å². The minimum absolute atomic E-state index is 0.462. The van der Waals surface area contributed by atoms with Crippen molar-refractivity contribution in [1.82, 2.24) is 0 Å². The highest BCUT2D eigenvalue weighted by Crippen LogP contribution is 2.23. The van der Waals surface area contributed by atoms with Crippen LogP contribution in [-0.2, 0) is 10.8 Å². The molecule has 0 saturated carbocycles. The van der Waals surface area contributed by atoms with Gasteiger partial charge in [-0.3, -0.25) is 4.21 Å². The number of nitrogen functional groups attached to an aromatic ring is 1. The van der Waals surface area contributed by atoms with Crippen LogP contribution >= 0.6 is 15.9 Å². The Kier molecular flexibility index (Phi) is 4.80. The number of hydrogen-bond acceptors (Lipinski definition) is 2. The Morgan fingerprint density at radius 3 is 2.80 bits per heavy atom. The summed E-state index contributed by atoms with van der Waals surface area (Å²) in [4.78, 5) is 0.740. The molecule has 0 aromatic heterocycles. The van der Waals surface area contributed by atoms with E-state index in [2.05, 4.69) is 29.8 Å². The van der Waals surface area contributed by atoms with Gasteiger partial charge in [0.2, 0.25) is 0 Å². The average Bonchev–Trinajstić information content (AvgIpc) is 2.21. The third kappa shape index (κ3) is 3.61. The number of rotatable bonds is 4. The van der Waals surface area contributed by atoms with Gasteiger partial charge in [-0.2, -0.15) is 0 Å². The van der Waals surface area contributed by atoms with E-state index in [9.17, 15) is 4.21 Å². The van der Waals surface area contributed by atoms with Gasteiger partial charge in [0.1, 0.15) is 0 Å². The molecule has 15 heavy (non-hydrogen) atoms. The second-order valence-electron chi connectivity index (χ2n) is 3.71. The van der Waals surface area contributed by atoms with Crippen LogP contribution in [0.4, 0.5) is 5.69 Å². The molecule has 2 atom stereocenters. The van der Waals surface area contributed by atoms with Crippen molar-refractivity contribution in [3.05, 3.63) is 22.7 Å². The number of benzene rings is 1. The molecule has 2 N–H and O–H groups in total. The van der Waals surface area contributed by atoms with E-state index < -0.39 is 10.8 Å². The van der Waals surface area contributed by atoms with Gasteiger partial charge < -0.3 is 5.73 Å². The van der Waals surface area contributed by atoms with Gasteiger partial charge >= 0.3 is 0 Å². The third-order valence-corrected chi connectivity index (χ3v) is 4.56. The first-order valence-corrected chi connectivity index (χ1v) is 7.09.